The maximum absolute atomic E-state index is 15.0. The van der Waals surface area contributed by atoms with Gasteiger partial charge in [0.15, 0.2) is 0 Å². The van der Waals surface area contributed by atoms with E-state index in [0.29, 0.717) is 25.9 Å². The third kappa shape index (κ3) is 6.29. The Morgan fingerprint density at radius 1 is 1.02 bits per heavy atom. The minimum Gasteiger partial charge on any atom is -0.394 e. The number of halogens is 1. The standard InChI is InChI=1S/C37H47BrN4O4S/c1-6-20-40(23-25-14-12-11-13-15-25)34(44)30-31-35(45)42(26(8-3)24-43)33(37(31)22-29(38)32(30)47-37)36(46)41(21-7-2)28-18-16-27(17-19-28)39(9-4)10-5/h6-7,11-19,26,29-33,43H,1-2,8-10,20-24H2,3-5H3/t26-,29?,30-,31-,32-,33?,37?/m0/s1. The van der Waals surface area contributed by atoms with Crippen LogP contribution in [-0.4, -0.2) is 92.3 Å². The van der Waals surface area contributed by atoms with E-state index in [-0.39, 0.29) is 41.0 Å². The molecule has 7 atom stereocenters. The van der Waals surface area contributed by atoms with Crippen molar-refractivity contribution in [3.63, 3.8) is 0 Å². The first-order chi connectivity index (χ1) is 22.7. The van der Waals surface area contributed by atoms with Crippen LogP contribution in [0, 0.1) is 11.8 Å². The van der Waals surface area contributed by atoms with Crippen molar-refractivity contribution in [2.45, 2.75) is 67.1 Å². The Hall–Kier alpha value is -3.08. The number of nitrogens with zero attached hydrogens (tertiary/aromatic N) is 4. The summed E-state index contributed by atoms with van der Waals surface area (Å²) in [6.07, 6.45) is 4.47. The molecule has 2 aromatic carbocycles. The zero-order valence-corrected chi connectivity index (χ0v) is 30.0. The van der Waals surface area contributed by atoms with Gasteiger partial charge in [-0.1, -0.05) is 65.3 Å². The highest BCUT2D eigenvalue weighted by Gasteiger charge is 2.76. The molecule has 1 spiro atoms. The molecule has 1 N–H and O–H groups in total. The Labute approximate surface area is 292 Å². The maximum atomic E-state index is 15.0. The summed E-state index contributed by atoms with van der Waals surface area (Å²) in [7, 11) is 0. The number of alkyl halides is 1. The second-order valence-electron chi connectivity index (χ2n) is 12.6. The Bertz CT molecular complexity index is 1450. The van der Waals surface area contributed by atoms with E-state index in [1.54, 1.807) is 38.6 Å². The van der Waals surface area contributed by atoms with Gasteiger partial charge in [-0.3, -0.25) is 14.4 Å². The van der Waals surface area contributed by atoms with Gasteiger partial charge < -0.3 is 24.7 Å². The molecular weight excluding hydrogens is 676 g/mol. The monoisotopic (exact) mass is 722 g/mol. The summed E-state index contributed by atoms with van der Waals surface area (Å²) in [5.41, 5.74) is 2.78. The van der Waals surface area contributed by atoms with Crippen molar-refractivity contribution in [2.24, 2.45) is 11.8 Å². The number of hydrogen-bond donors (Lipinski definition) is 1. The predicted octanol–water partition coefficient (Wildman–Crippen LogP) is 5.50. The number of aliphatic hydroxyl groups excluding tert-OH is 1. The number of likely N-dealkylation sites (tertiary alicyclic amines) is 1. The summed E-state index contributed by atoms with van der Waals surface area (Å²) >= 11 is 5.51. The van der Waals surface area contributed by atoms with Gasteiger partial charge in [0.05, 0.1) is 29.2 Å². The van der Waals surface area contributed by atoms with Crippen LogP contribution in [0.5, 0.6) is 0 Å². The van der Waals surface area contributed by atoms with Gasteiger partial charge >= 0.3 is 0 Å². The van der Waals surface area contributed by atoms with E-state index < -0.39 is 28.7 Å². The van der Waals surface area contributed by atoms with Gasteiger partial charge in [0.1, 0.15) is 6.04 Å². The van der Waals surface area contributed by atoms with Crippen molar-refractivity contribution in [1.82, 2.24) is 9.80 Å². The minimum absolute atomic E-state index is 0.0570. The molecule has 0 saturated carbocycles. The van der Waals surface area contributed by atoms with Crippen LogP contribution in [0.15, 0.2) is 79.9 Å². The largest absolute Gasteiger partial charge is 0.394 e. The van der Waals surface area contributed by atoms with Crippen LogP contribution in [0.4, 0.5) is 11.4 Å². The zero-order valence-electron chi connectivity index (χ0n) is 27.6. The number of fused-ring (bicyclic) bond motifs is 1. The lowest BCUT2D eigenvalue weighted by Crippen LogP contribution is -2.58. The lowest BCUT2D eigenvalue weighted by atomic mass is 9.70. The maximum Gasteiger partial charge on any atom is 0.251 e. The summed E-state index contributed by atoms with van der Waals surface area (Å²) < 4.78 is -0.830. The molecule has 10 heteroatoms. The smallest absolute Gasteiger partial charge is 0.251 e. The Morgan fingerprint density at radius 2 is 1.66 bits per heavy atom. The number of amides is 3. The third-order valence-electron chi connectivity index (χ3n) is 10.1. The van der Waals surface area contributed by atoms with E-state index in [1.165, 1.54) is 0 Å². The summed E-state index contributed by atoms with van der Waals surface area (Å²) in [5, 5.41) is 10.4. The van der Waals surface area contributed by atoms with Gasteiger partial charge in [0, 0.05) is 54.2 Å². The SMILES string of the molecule is C=CCN(Cc1ccccc1)C(=O)[C@H]1[C@H]2C(=O)N([C@@H](CC)CO)C(C(=O)N(CC=C)c3ccc(N(CC)CC)cc3)C23CC(Br)[C@@H]1S3. The number of aliphatic hydroxyl groups is 1. The summed E-state index contributed by atoms with van der Waals surface area (Å²) in [6.45, 7) is 16.5. The average Bonchev–Trinajstić information content (AvgIpc) is 3.68. The van der Waals surface area contributed by atoms with E-state index in [9.17, 15) is 14.7 Å². The van der Waals surface area contributed by atoms with Crippen molar-refractivity contribution in [3.8, 4) is 0 Å². The van der Waals surface area contributed by atoms with Crippen LogP contribution < -0.4 is 9.80 Å². The molecular formula is C37H47BrN4O4S. The Morgan fingerprint density at radius 3 is 2.23 bits per heavy atom. The highest BCUT2D eigenvalue weighted by Crippen LogP contribution is 2.68. The molecule has 3 unspecified atom stereocenters. The molecule has 0 aliphatic carbocycles. The van der Waals surface area contributed by atoms with Crippen molar-refractivity contribution < 1.29 is 19.5 Å². The molecule has 2 aromatic rings. The van der Waals surface area contributed by atoms with E-state index in [0.717, 1.165) is 30.0 Å². The molecule has 3 aliphatic heterocycles. The second kappa shape index (κ2) is 15.0. The number of hydrogen-bond acceptors (Lipinski definition) is 6. The summed E-state index contributed by atoms with van der Waals surface area (Å²) in [4.78, 5) is 51.6. The fraction of sp³-hybridized carbons (Fsp3) is 0.486. The normalized spacial score (nSPS) is 26.5. The Kier molecular flexibility index (Phi) is 11.2. The highest BCUT2D eigenvalue weighted by molar-refractivity contribution is 9.09. The van der Waals surface area contributed by atoms with Crippen LogP contribution in [0.1, 0.15) is 39.2 Å². The van der Waals surface area contributed by atoms with E-state index in [2.05, 4.69) is 47.8 Å². The van der Waals surface area contributed by atoms with Crippen molar-refractivity contribution >= 4 is 56.8 Å². The fourth-order valence-electron chi connectivity index (χ4n) is 7.87. The van der Waals surface area contributed by atoms with Crippen molar-refractivity contribution in [1.29, 1.82) is 0 Å². The van der Waals surface area contributed by atoms with Crippen LogP contribution in [0.2, 0.25) is 0 Å². The lowest BCUT2D eigenvalue weighted by Gasteiger charge is -2.40. The minimum atomic E-state index is -0.852. The number of carbonyl (C=O) groups is 3. The summed E-state index contributed by atoms with van der Waals surface area (Å²) in [6, 6.07) is 16.3. The van der Waals surface area contributed by atoms with Gasteiger partial charge in [0.2, 0.25) is 11.8 Å². The number of benzene rings is 2. The van der Waals surface area contributed by atoms with Crippen LogP contribution >= 0.6 is 27.7 Å². The Balaban J connectivity index is 1.56. The zero-order chi connectivity index (χ0) is 33.9. The van der Waals surface area contributed by atoms with Crippen LogP contribution in [0.25, 0.3) is 0 Å². The van der Waals surface area contributed by atoms with Gasteiger partial charge in [-0.2, -0.15) is 0 Å². The van der Waals surface area contributed by atoms with Crippen molar-refractivity contribution in [2.75, 3.05) is 42.6 Å². The molecule has 5 rings (SSSR count). The number of carbonyl (C=O) groups excluding carboxylic acids is 3. The molecule has 3 heterocycles. The average molecular weight is 724 g/mol. The number of anilines is 2. The second-order valence-corrected chi connectivity index (χ2v) is 15.3. The van der Waals surface area contributed by atoms with Crippen molar-refractivity contribution in [3.05, 3.63) is 85.5 Å². The molecule has 47 heavy (non-hydrogen) atoms. The molecule has 0 aromatic heterocycles. The molecule has 8 nitrogen and oxygen atoms in total. The van der Waals surface area contributed by atoms with Crippen LogP contribution in [-0.2, 0) is 20.9 Å². The van der Waals surface area contributed by atoms with E-state index >= 15 is 4.79 Å². The number of thioether (sulfide) groups is 1. The van der Waals surface area contributed by atoms with Gasteiger partial charge in [-0.05, 0) is 56.5 Å². The van der Waals surface area contributed by atoms with Gasteiger partial charge in [-0.25, -0.2) is 0 Å². The quantitative estimate of drug-likeness (QED) is 0.193. The van der Waals surface area contributed by atoms with Crippen LogP contribution in [0.3, 0.4) is 0 Å². The number of rotatable bonds is 15. The highest BCUT2D eigenvalue weighted by atomic mass is 79.9. The molecule has 3 aliphatic rings. The molecule has 2 bridgehead atoms. The molecule has 3 fully saturated rings. The molecule has 3 saturated heterocycles. The summed E-state index contributed by atoms with van der Waals surface area (Å²) in [5.74, 6) is -1.84. The van der Waals surface area contributed by atoms with E-state index in [1.807, 2.05) is 61.5 Å². The topological polar surface area (TPSA) is 84.4 Å². The first kappa shape index (κ1) is 35.2. The first-order valence-corrected chi connectivity index (χ1v) is 18.5. The van der Waals surface area contributed by atoms with E-state index in [4.69, 9.17) is 0 Å². The fourth-order valence-corrected chi connectivity index (χ4v) is 11.5. The lowest BCUT2D eigenvalue weighted by molar-refractivity contribution is -0.145. The first-order valence-electron chi connectivity index (χ1n) is 16.7. The molecule has 252 valence electrons. The molecule has 3 amide bonds. The van der Waals surface area contributed by atoms with Gasteiger partial charge in [0.25, 0.3) is 5.91 Å². The van der Waals surface area contributed by atoms with Gasteiger partial charge in [-0.15, -0.1) is 24.9 Å². The third-order valence-corrected chi connectivity index (χ3v) is 13.3. The molecule has 0 radical (unpaired) electrons. The predicted molar refractivity (Wildman–Crippen MR) is 195 cm³/mol.